The Morgan fingerprint density at radius 1 is 0.459 bits per heavy atom. The molecule has 1 heterocycles. The van der Waals surface area contributed by atoms with E-state index in [1.807, 2.05) is 0 Å². The molecule has 12 nitrogen and oxygen atoms in total. The Hall–Kier alpha value is -1.87. The van der Waals surface area contributed by atoms with Gasteiger partial charge in [-0.1, -0.05) is 263 Å². The van der Waals surface area contributed by atoms with Crippen LogP contribution in [-0.2, 0) is 38.7 Å². The number of hydrogen-bond acceptors (Lipinski definition) is 11. The molecule has 1 rings (SSSR count). The van der Waals surface area contributed by atoms with Crippen molar-refractivity contribution in [1.82, 2.24) is 0 Å². The molecular formula is C61H114O12S. The average Bonchev–Trinajstić information content (AvgIpc) is 3.37. The largest absolute Gasteiger partial charge is 0.462 e. The van der Waals surface area contributed by atoms with E-state index in [0.717, 1.165) is 44.9 Å². The highest BCUT2D eigenvalue weighted by atomic mass is 32.2. The fourth-order valence-corrected chi connectivity index (χ4v) is 10.5. The normalized spacial score (nSPS) is 18.7. The van der Waals surface area contributed by atoms with Crippen molar-refractivity contribution in [3.63, 3.8) is 0 Å². The number of unbranched alkanes of at least 4 members (excludes halogenated alkanes) is 38. The van der Waals surface area contributed by atoms with E-state index in [4.69, 9.17) is 18.9 Å². The van der Waals surface area contributed by atoms with Gasteiger partial charge in [0.25, 0.3) is 10.1 Å². The lowest BCUT2D eigenvalue weighted by atomic mass is 10.00. The molecule has 0 amide bonds. The Morgan fingerprint density at radius 2 is 0.811 bits per heavy atom. The van der Waals surface area contributed by atoms with Crippen molar-refractivity contribution in [2.75, 3.05) is 19.0 Å². The van der Waals surface area contributed by atoms with Gasteiger partial charge in [-0.25, -0.2) is 0 Å². The van der Waals surface area contributed by atoms with Crippen LogP contribution in [0.1, 0.15) is 296 Å². The van der Waals surface area contributed by atoms with Crippen LogP contribution in [0.25, 0.3) is 0 Å². The number of carbonyl (C=O) groups excluding carboxylic acids is 2. The minimum atomic E-state index is -4.61. The zero-order valence-corrected chi connectivity index (χ0v) is 48.3. The van der Waals surface area contributed by atoms with Crippen LogP contribution in [-0.4, -0.2) is 96.0 Å². The summed E-state index contributed by atoms with van der Waals surface area (Å²) in [5.41, 5.74) is 0. The Labute approximate surface area is 453 Å². The third-order valence-corrected chi connectivity index (χ3v) is 15.3. The number of allylic oxidation sites excluding steroid dienone is 4. The molecule has 0 aromatic carbocycles. The van der Waals surface area contributed by atoms with Crippen molar-refractivity contribution in [2.45, 2.75) is 333 Å². The Bertz CT molecular complexity index is 1440. The molecule has 0 saturated carbocycles. The second kappa shape index (κ2) is 50.6. The first-order valence-corrected chi connectivity index (χ1v) is 32.5. The van der Waals surface area contributed by atoms with Gasteiger partial charge in [0, 0.05) is 12.8 Å². The molecule has 0 aromatic heterocycles. The third kappa shape index (κ3) is 44.1. The van der Waals surface area contributed by atoms with Crippen molar-refractivity contribution in [3.05, 3.63) is 24.3 Å². The van der Waals surface area contributed by atoms with E-state index in [0.29, 0.717) is 12.8 Å². The number of esters is 2. The molecule has 0 aliphatic carbocycles. The monoisotopic (exact) mass is 1070 g/mol. The SMILES string of the molecule is CCCCCCC/C=C\C/C=C\CCCCCCCCCCCCCC(=O)OC(COC(=O)CCCCCCCCCCCCCCCCCCCCCCCCC)COC1OC(CS(=O)(=O)O)C(O)C(O)C1O. The molecule has 74 heavy (non-hydrogen) atoms. The lowest BCUT2D eigenvalue weighted by Crippen LogP contribution is -2.60. The number of carbonyl (C=O) groups is 2. The Balaban J connectivity index is 2.27. The molecular weight excluding hydrogens is 957 g/mol. The van der Waals surface area contributed by atoms with E-state index in [2.05, 4.69) is 38.2 Å². The smallest absolute Gasteiger partial charge is 0.306 e. The second-order valence-electron chi connectivity index (χ2n) is 21.7. The summed E-state index contributed by atoms with van der Waals surface area (Å²) in [5, 5.41) is 31.1. The predicted molar refractivity (Wildman–Crippen MR) is 303 cm³/mol. The van der Waals surface area contributed by atoms with Crippen LogP contribution in [0, 0.1) is 0 Å². The zero-order chi connectivity index (χ0) is 54.0. The van der Waals surface area contributed by atoms with Gasteiger partial charge >= 0.3 is 11.9 Å². The summed E-state index contributed by atoms with van der Waals surface area (Å²) < 4.78 is 54.5. The number of aliphatic hydroxyl groups excluding tert-OH is 3. The van der Waals surface area contributed by atoms with Gasteiger partial charge in [0.2, 0.25) is 0 Å². The molecule has 13 heteroatoms. The third-order valence-electron chi connectivity index (χ3n) is 14.5. The van der Waals surface area contributed by atoms with Crippen LogP contribution in [0.3, 0.4) is 0 Å². The lowest BCUT2D eigenvalue weighted by Gasteiger charge is -2.40. The van der Waals surface area contributed by atoms with Crippen molar-refractivity contribution < 1.29 is 56.8 Å². The summed E-state index contributed by atoms with van der Waals surface area (Å²) in [6.45, 7) is 3.82. The zero-order valence-electron chi connectivity index (χ0n) is 47.5. The van der Waals surface area contributed by atoms with Crippen LogP contribution in [0.5, 0.6) is 0 Å². The van der Waals surface area contributed by atoms with Gasteiger partial charge in [-0.2, -0.15) is 8.42 Å². The average molecular weight is 1070 g/mol. The van der Waals surface area contributed by atoms with Crippen molar-refractivity contribution in [3.8, 4) is 0 Å². The maximum Gasteiger partial charge on any atom is 0.306 e. The van der Waals surface area contributed by atoms with E-state index in [1.54, 1.807) is 0 Å². The summed E-state index contributed by atoms with van der Waals surface area (Å²) >= 11 is 0. The summed E-state index contributed by atoms with van der Waals surface area (Å²) in [4.78, 5) is 25.7. The first kappa shape index (κ1) is 70.1. The van der Waals surface area contributed by atoms with E-state index >= 15 is 0 Å². The maximum atomic E-state index is 12.9. The van der Waals surface area contributed by atoms with E-state index < -0.39 is 71.2 Å². The predicted octanol–water partition coefficient (Wildman–Crippen LogP) is 15.5. The highest BCUT2D eigenvalue weighted by molar-refractivity contribution is 7.85. The summed E-state index contributed by atoms with van der Waals surface area (Å²) in [7, 11) is -4.61. The van der Waals surface area contributed by atoms with Crippen LogP contribution in [0.4, 0.5) is 0 Å². The number of rotatable bonds is 54. The molecule has 1 fully saturated rings. The minimum absolute atomic E-state index is 0.166. The highest BCUT2D eigenvalue weighted by Crippen LogP contribution is 2.24. The van der Waals surface area contributed by atoms with Crippen molar-refractivity contribution in [1.29, 1.82) is 0 Å². The van der Waals surface area contributed by atoms with Crippen LogP contribution < -0.4 is 0 Å². The van der Waals surface area contributed by atoms with E-state index in [1.165, 1.54) is 212 Å². The molecule has 0 spiro atoms. The van der Waals surface area contributed by atoms with E-state index in [-0.39, 0.29) is 19.4 Å². The van der Waals surface area contributed by atoms with Gasteiger partial charge in [0.15, 0.2) is 12.4 Å². The molecule has 6 unspecified atom stereocenters. The molecule has 0 aromatic rings. The minimum Gasteiger partial charge on any atom is -0.462 e. The first-order chi connectivity index (χ1) is 36.0. The Morgan fingerprint density at radius 3 is 1.19 bits per heavy atom. The second-order valence-corrected chi connectivity index (χ2v) is 23.2. The Kier molecular flexibility index (Phi) is 48.0. The lowest BCUT2D eigenvalue weighted by molar-refractivity contribution is -0.297. The first-order valence-electron chi connectivity index (χ1n) is 30.9. The fraction of sp³-hybridized carbons (Fsp3) is 0.902. The number of hydrogen-bond donors (Lipinski definition) is 4. The van der Waals surface area contributed by atoms with Crippen molar-refractivity contribution in [2.24, 2.45) is 0 Å². The van der Waals surface area contributed by atoms with Crippen molar-refractivity contribution >= 4 is 22.1 Å². The standard InChI is InChI=1S/C61H114O12S/c1-3-5-7-9-11-13-15-17-19-21-23-25-27-29-31-33-35-37-39-41-43-45-47-49-56(62)70-51-54(52-71-61-60(66)59(65)58(64)55(73-61)53-74(67,68)69)72-57(63)50-48-46-44-42-40-38-36-34-32-30-28-26-24-22-20-18-16-14-12-10-8-6-4-2/h16,18,22,24,54-55,58-61,64-66H,3-15,17,19-21,23,25-53H2,1-2H3,(H,67,68,69)/b18-16-,24-22-. The molecule has 1 aliphatic heterocycles. The van der Waals surface area contributed by atoms with Gasteiger partial charge < -0.3 is 34.3 Å². The number of aliphatic hydroxyl groups is 3. The maximum absolute atomic E-state index is 12.9. The van der Waals surface area contributed by atoms with Gasteiger partial charge in [-0.05, 0) is 44.9 Å². The van der Waals surface area contributed by atoms with Crippen LogP contribution in [0.2, 0.25) is 0 Å². The molecule has 1 saturated heterocycles. The summed E-state index contributed by atoms with van der Waals surface area (Å²) in [6.07, 6.45) is 52.2. The number of ether oxygens (including phenoxy) is 4. The molecule has 4 N–H and O–H groups in total. The van der Waals surface area contributed by atoms with Gasteiger partial charge in [-0.3, -0.25) is 14.1 Å². The quantitative estimate of drug-likeness (QED) is 0.0196. The fourth-order valence-electron chi connectivity index (χ4n) is 9.77. The molecule has 436 valence electrons. The molecule has 1 aliphatic rings. The molecule has 0 bridgehead atoms. The summed E-state index contributed by atoms with van der Waals surface area (Å²) in [6, 6.07) is 0. The van der Waals surface area contributed by atoms with Crippen LogP contribution in [0.15, 0.2) is 24.3 Å². The summed E-state index contributed by atoms with van der Waals surface area (Å²) in [5.74, 6) is -1.96. The van der Waals surface area contributed by atoms with Crippen LogP contribution >= 0.6 is 0 Å². The molecule has 0 radical (unpaired) electrons. The van der Waals surface area contributed by atoms with Gasteiger partial charge in [0.1, 0.15) is 36.8 Å². The topological polar surface area (TPSA) is 186 Å². The highest BCUT2D eigenvalue weighted by Gasteiger charge is 2.46. The molecule has 6 atom stereocenters. The van der Waals surface area contributed by atoms with E-state index in [9.17, 15) is 37.9 Å². The van der Waals surface area contributed by atoms with Gasteiger partial charge in [-0.15, -0.1) is 0 Å². The van der Waals surface area contributed by atoms with Gasteiger partial charge in [0.05, 0.1) is 6.61 Å².